The number of carbonyl (C=O) groups excluding carboxylic acids is 1. The van der Waals surface area contributed by atoms with Crippen molar-refractivity contribution in [2.24, 2.45) is 46.3 Å². The van der Waals surface area contributed by atoms with Crippen LogP contribution in [0.4, 0.5) is 0 Å². The fourth-order valence-electron chi connectivity index (χ4n) is 9.21. The molecule has 0 radical (unpaired) electrons. The highest BCUT2D eigenvalue weighted by molar-refractivity contribution is 5.81. The number of fused-ring (bicyclic) bond motifs is 5. The van der Waals surface area contributed by atoms with Crippen molar-refractivity contribution in [3.05, 3.63) is 11.6 Å². The maximum Gasteiger partial charge on any atom is 0.322 e. The normalized spacial score (nSPS) is 38.5. The Morgan fingerprint density at radius 2 is 1.86 bits per heavy atom. The smallest absolute Gasteiger partial charge is 0.322 e. The Balaban J connectivity index is 1.37. The average molecular weight is 502 g/mol. The van der Waals surface area contributed by atoms with Crippen LogP contribution >= 0.6 is 0 Å². The summed E-state index contributed by atoms with van der Waals surface area (Å²) in [7, 11) is 0. The molecule has 4 aliphatic carbocycles. The first kappa shape index (κ1) is 27.7. The Labute approximate surface area is 219 Å². The summed E-state index contributed by atoms with van der Waals surface area (Å²) in [6, 6.07) is 0. The third-order valence-electron chi connectivity index (χ3n) is 11.1. The van der Waals surface area contributed by atoms with Gasteiger partial charge >= 0.3 is 5.97 Å². The van der Waals surface area contributed by atoms with Crippen LogP contribution in [0.2, 0.25) is 0 Å². The molecule has 0 aromatic rings. The summed E-state index contributed by atoms with van der Waals surface area (Å²) in [5.41, 5.74) is 2.35. The second-order valence-corrected chi connectivity index (χ2v) is 13.6. The molecule has 0 aromatic heterocycles. The molecule has 4 rings (SSSR count). The van der Waals surface area contributed by atoms with Crippen molar-refractivity contribution < 1.29 is 19.4 Å². The molecule has 5 nitrogen and oxygen atoms in total. The first-order valence-corrected chi connectivity index (χ1v) is 14.8. The molecule has 0 heterocycles. The van der Waals surface area contributed by atoms with Gasteiger partial charge in [0.1, 0.15) is 13.2 Å². The molecule has 3 fully saturated rings. The Hall–Kier alpha value is -1.36. The summed E-state index contributed by atoms with van der Waals surface area (Å²) in [6.07, 6.45) is 16.7. The number of amides is 1. The minimum absolute atomic E-state index is 0.0504. The van der Waals surface area contributed by atoms with Crippen molar-refractivity contribution in [3.63, 3.8) is 0 Å². The van der Waals surface area contributed by atoms with Crippen molar-refractivity contribution in [1.29, 1.82) is 0 Å². The third kappa shape index (κ3) is 5.56. The number of hydrogen-bond acceptors (Lipinski definition) is 3. The van der Waals surface area contributed by atoms with E-state index < -0.39 is 5.97 Å². The standard InChI is InChI=1S/C31H51NO4/c1-20(2)7-6-8-21(3)25-11-12-26-24-10-9-22-17-23(36-19-28(33)32-18-29(34)35)13-15-30(22,4)27(24)14-16-31(25,26)5/h9,20-21,23-27H,6-8,10-19H2,1-5H3,(H,32,33)(H,34,35). The zero-order valence-corrected chi connectivity index (χ0v) is 23.5. The zero-order chi connectivity index (χ0) is 26.1. The molecular weight excluding hydrogens is 450 g/mol. The van der Waals surface area contributed by atoms with Gasteiger partial charge in [0.2, 0.25) is 5.91 Å². The van der Waals surface area contributed by atoms with Crippen LogP contribution in [-0.2, 0) is 14.3 Å². The van der Waals surface area contributed by atoms with Gasteiger partial charge in [-0.1, -0.05) is 65.5 Å². The molecule has 0 aromatic carbocycles. The van der Waals surface area contributed by atoms with E-state index in [-0.39, 0.29) is 30.6 Å². The largest absolute Gasteiger partial charge is 0.480 e. The summed E-state index contributed by atoms with van der Waals surface area (Å²) in [6.45, 7) is 12.0. The number of ether oxygens (including phenoxy) is 1. The molecule has 8 atom stereocenters. The van der Waals surface area contributed by atoms with Gasteiger partial charge in [0.25, 0.3) is 0 Å². The van der Waals surface area contributed by atoms with Gasteiger partial charge in [-0.05, 0) is 97.7 Å². The van der Waals surface area contributed by atoms with Crippen molar-refractivity contribution >= 4 is 11.9 Å². The quantitative estimate of drug-likeness (QED) is 0.330. The van der Waals surface area contributed by atoms with Crippen LogP contribution < -0.4 is 5.32 Å². The lowest BCUT2D eigenvalue weighted by Crippen LogP contribution is -2.51. The SMILES string of the molecule is CC(C)CCCC(C)C1CCC2C3CC=C4CC(OCC(=O)NCC(=O)O)CCC4(C)C3CCC12C. The lowest BCUT2D eigenvalue weighted by atomic mass is 9.47. The summed E-state index contributed by atoms with van der Waals surface area (Å²) >= 11 is 0. The molecule has 0 aliphatic heterocycles. The number of allylic oxidation sites excluding steroid dienone is 1. The molecule has 0 bridgehead atoms. The molecule has 4 aliphatic rings. The second-order valence-electron chi connectivity index (χ2n) is 13.6. The van der Waals surface area contributed by atoms with Crippen LogP contribution in [0.25, 0.3) is 0 Å². The first-order valence-electron chi connectivity index (χ1n) is 14.8. The maximum absolute atomic E-state index is 11.9. The van der Waals surface area contributed by atoms with Gasteiger partial charge in [-0.15, -0.1) is 0 Å². The summed E-state index contributed by atoms with van der Waals surface area (Å²) in [5, 5.41) is 11.1. The Morgan fingerprint density at radius 3 is 2.58 bits per heavy atom. The Morgan fingerprint density at radius 1 is 1.08 bits per heavy atom. The molecular formula is C31H51NO4. The number of carboxylic acids is 1. The van der Waals surface area contributed by atoms with E-state index in [1.165, 1.54) is 51.4 Å². The topological polar surface area (TPSA) is 75.6 Å². The highest BCUT2D eigenvalue weighted by Gasteiger charge is 2.59. The zero-order valence-electron chi connectivity index (χ0n) is 23.5. The predicted octanol–water partition coefficient (Wildman–Crippen LogP) is 6.61. The maximum atomic E-state index is 11.9. The monoisotopic (exact) mass is 501 g/mol. The minimum Gasteiger partial charge on any atom is -0.480 e. The summed E-state index contributed by atoms with van der Waals surface area (Å²) < 4.78 is 5.93. The average Bonchev–Trinajstić information content (AvgIpc) is 3.18. The van der Waals surface area contributed by atoms with E-state index >= 15 is 0 Å². The number of rotatable bonds is 10. The fraction of sp³-hybridized carbons (Fsp3) is 0.871. The molecule has 0 spiro atoms. The van der Waals surface area contributed by atoms with E-state index in [0.29, 0.717) is 5.41 Å². The molecule has 5 heteroatoms. The molecule has 2 N–H and O–H groups in total. The third-order valence-corrected chi connectivity index (χ3v) is 11.1. The van der Waals surface area contributed by atoms with E-state index in [0.717, 1.165) is 54.8 Å². The van der Waals surface area contributed by atoms with E-state index in [9.17, 15) is 9.59 Å². The summed E-state index contributed by atoms with van der Waals surface area (Å²) in [5.74, 6) is 3.66. The van der Waals surface area contributed by atoms with Gasteiger partial charge in [0, 0.05) is 0 Å². The van der Waals surface area contributed by atoms with Gasteiger partial charge in [-0.25, -0.2) is 0 Å². The minimum atomic E-state index is -1.03. The number of carboxylic acid groups (broad SMARTS) is 1. The van der Waals surface area contributed by atoms with Crippen molar-refractivity contribution in [2.45, 2.75) is 111 Å². The van der Waals surface area contributed by atoms with Gasteiger partial charge in [0.15, 0.2) is 0 Å². The lowest BCUT2D eigenvalue weighted by Gasteiger charge is -2.58. The van der Waals surface area contributed by atoms with Crippen LogP contribution in [-0.4, -0.2) is 36.2 Å². The number of hydrogen-bond donors (Lipinski definition) is 2. The van der Waals surface area contributed by atoms with E-state index in [1.54, 1.807) is 5.57 Å². The molecule has 204 valence electrons. The van der Waals surface area contributed by atoms with Gasteiger partial charge < -0.3 is 15.2 Å². The fourth-order valence-corrected chi connectivity index (χ4v) is 9.21. The lowest BCUT2D eigenvalue weighted by molar-refractivity contribution is -0.139. The predicted molar refractivity (Wildman–Crippen MR) is 143 cm³/mol. The van der Waals surface area contributed by atoms with E-state index in [4.69, 9.17) is 9.84 Å². The Bertz CT molecular complexity index is 836. The highest BCUT2D eigenvalue weighted by Crippen LogP contribution is 2.67. The van der Waals surface area contributed by atoms with Crippen LogP contribution in [0, 0.1) is 46.3 Å². The molecule has 3 saturated carbocycles. The number of aliphatic carboxylic acids is 1. The Kier molecular flexibility index (Phi) is 8.59. The van der Waals surface area contributed by atoms with Crippen LogP contribution in [0.1, 0.15) is 105 Å². The van der Waals surface area contributed by atoms with Crippen molar-refractivity contribution in [3.8, 4) is 0 Å². The second kappa shape index (κ2) is 11.2. The van der Waals surface area contributed by atoms with Crippen LogP contribution in [0.5, 0.6) is 0 Å². The molecule has 0 saturated heterocycles. The summed E-state index contributed by atoms with van der Waals surface area (Å²) in [4.78, 5) is 22.6. The van der Waals surface area contributed by atoms with E-state index in [1.807, 2.05) is 0 Å². The number of carbonyl (C=O) groups is 2. The van der Waals surface area contributed by atoms with Crippen molar-refractivity contribution in [1.82, 2.24) is 5.32 Å². The highest BCUT2D eigenvalue weighted by atomic mass is 16.5. The van der Waals surface area contributed by atoms with Crippen LogP contribution in [0.3, 0.4) is 0 Å². The van der Waals surface area contributed by atoms with Gasteiger partial charge in [-0.2, -0.15) is 0 Å². The molecule has 36 heavy (non-hydrogen) atoms. The first-order chi connectivity index (χ1) is 17.0. The van der Waals surface area contributed by atoms with Gasteiger partial charge in [0.05, 0.1) is 6.10 Å². The number of nitrogens with one attached hydrogen (secondary N) is 1. The molecule has 8 unspecified atom stereocenters. The van der Waals surface area contributed by atoms with E-state index in [2.05, 4.69) is 46.0 Å². The van der Waals surface area contributed by atoms with Crippen molar-refractivity contribution in [2.75, 3.05) is 13.2 Å². The van der Waals surface area contributed by atoms with Gasteiger partial charge in [-0.3, -0.25) is 9.59 Å². The molecule has 1 amide bonds. The van der Waals surface area contributed by atoms with Crippen LogP contribution in [0.15, 0.2) is 11.6 Å².